The van der Waals surface area contributed by atoms with Gasteiger partial charge in [-0.25, -0.2) is 0 Å². The van der Waals surface area contributed by atoms with Gasteiger partial charge in [0.25, 0.3) is 0 Å². The van der Waals surface area contributed by atoms with Crippen LogP contribution < -0.4 is 0 Å². The summed E-state index contributed by atoms with van der Waals surface area (Å²) >= 11 is 0. The van der Waals surface area contributed by atoms with Crippen LogP contribution in [0.2, 0.25) is 0 Å². The third-order valence-corrected chi connectivity index (χ3v) is 6.68. The Hall–Kier alpha value is -2.34. The first kappa shape index (κ1) is 41.1. The summed E-state index contributed by atoms with van der Waals surface area (Å²) in [5.74, 6) is 0.507. The summed E-state index contributed by atoms with van der Waals surface area (Å²) in [5.41, 5.74) is 8.52. The fraction of sp³-hybridized carbons (Fsp3) is 0.538. The molecular formula is C39H66. The highest BCUT2D eigenvalue weighted by Gasteiger charge is 2.27. The van der Waals surface area contributed by atoms with Crippen LogP contribution in [0.25, 0.3) is 5.57 Å². The lowest BCUT2D eigenvalue weighted by molar-refractivity contribution is 0.280. The molecule has 0 spiro atoms. The van der Waals surface area contributed by atoms with Crippen LogP contribution in [0.15, 0.2) is 80.4 Å². The van der Waals surface area contributed by atoms with Gasteiger partial charge in [0.05, 0.1) is 0 Å². The van der Waals surface area contributed by atoms with E-state index in [2.05, 4.69) is 137 Å². The first-order valence-electron chi connectivity index (χ1n) is 15.0. The monoisotopic (exact) mass is 535 g/mol. The Morgan fingerprint density at radius 1 is 0.641 bits per heavy atom. The predicted molar refractivity (Wildman–Crippen MR) is 185 cm³/mol. The molecule has 0 aromatic heterocycles. The molecule has 1 atom stereocenters. The minimum absolute atomic E-state index is 0.194. The normalized spacial score (nSPS) is 11.5. The van der Waals surface area contributed by atoms with E-state index in [0.717, 1.165) is 12.8 Å². The van der Waals surface area contributed by atoms with Gasteiger partial charge in [-0.2, -0.15) is 0 Å². The average molecular weight is 535 g/mol. The molecule has 1 unspecified atom stereocenters. The summed E-state index contributed by atoms with van der Waals surface area (Å²) in [7, 11) is 0. The Balaban J connectivity index is -0.00000114. The first-order valence-corrected chi connectivity index (χ1v) is 15.0. The number of allylic oxidation sites excluding steroid dienone is 2. The maximum atomic E-state index is 4.39. The summed E-state index contributed by atoms with van der Waals surface area (Å²) in [5, 5.41) is 0. The molecule has 2 aromatic carbocycles. The number of benzene rings is 2. The Morgan fingerprint density at radius 2 is 0.949 bits per heavy atom. The van der Waals surface area contributed by atoms with Gasteiger partial charge in [-0.3, -0.25) is 0 Å². The lowest BCUT2D eigenvalue weighted by Crippen LogP contribution is -2.20. The highest BCUT2D eigenvalue weighted by atomic mass is 14.3. The van der Waals surface area contributed by atoms with E-state index in [9.17, 15) is 0 Å². The van der Waals surface area contributed by atoms with E-state index in [0.29, 0.717) is 5.92 Å². The number of hydrogen-bond donors (Lipinski definition) is 0. The standard InChI is InChI=1S/C29H42.C4H8.2C2H6.C2H4/c1-21(23-11-15-25(16-12-23)27(3,4)5)19-20-29(9,10)22(2)24-13-17-26(18-14-24)28(6,7)8;1-4(2)3;3*1-2/h11-18,22H,1,19-20H2,2-10H3;1H2,2-3H3;2*1-2H3;1-2H2. The molecule has 0 heterocycles. The van der Waals surface area contributed by atoms with E-state index in [1.807, 2.05) is 41.5 Å². The van der Waals surface area contributed by atoms with E-state index < -0.39 is 0 Å². The Bertz CT molecular complexity index is 902. The summed E-state index contributed by atoms with van der Waals surface area (Å²) in [4.78, 5) is 0. The van der Waals surface area contributed by atoms with Crippen molar-refractivity contribution in [1.29, 1.82) is 0 Å². The maximum absolute atomic E-state index is 4.39. The van der Waals surface area contributed by atoms with E-state index in [4.69, 9.17) is 0 Å². The van der Waals surface area contributed by atoms with Crippen LogP contribution in [0, 0.1) is 5.41 Å². The van der Waals surface area contributed by atoms with Crippen molar-refractivity contribution in [3.8, 4) is 0 Å². The van der Waals surface area contributed by atoms with Crippen molar-refractivity contribution in [2.45, 2.75) is 133 Å². The molecule has 2 aromatic rings. The van der Waals surface area contributed by atoms with Gasteiger partial charge in [-0.15, -0.1) is 19.7 Å². The predicted octanol–water partition coefficient (Wildman–Crippen LogP) is 13.3. The Kier molecular flexibility index (Phi) is 20.8. The SMILES string of the molecule is C=C.C=C(C)C.C=C(CCC(C)(C)C(C)c1ccc(C(C)(C)C)cc1)c1ccc(C(C)(C)C)cc1.CC.CC. The van der Waals surface area contributed by atoms with Crippen LogP contribution in [-0.2, 0) is 10.8 Å². The highest BCUT2D eigenvalue weighted by Crippen LogP contribution is 2.41. The first-order chi connectivity index (χ1) is 17.9. The lowest BCUT2D eigenvalue weighted by atomic mass is 9.72. The van der Waals surface area contributed by atoms with Crippen LogP contribution in [0.1, 0.15) is 145 Å². The molecule has 0 amide bonds. The molecule has 0 radical (unpaired) electrons. The van der Waals surface area contributed by atoms with Gasteiger partial charge in [0, 0.05) is 0 Å². The topological polar surface area (TPSA) is 0 Å². The molecule has 0 fully saturated rings. The quantitative estimate of drug-likeness (QED) is 0.323. The molecule has 222 valence electrons. The second-order valence-corrected chi connectivity index (χ2v) is 12.7. The summed E-state index contributed by atoms with van der Waals surface area (Å²) in [6.07, 6.45) is 2.17. The Morgan fingerprint density at radius 3 is 1.26 bits per heavy atom. The average Bonchev–Trinajstić information content (AvgIpc) is 2.89. The Labute approximate surface area is 246 Å². The lowest BCUT2D eigenvalue weighted by Gasteiger charge is -2.33. The number of hydrogen-bond acceptors (Lipinski definition) is 0. The van der Waals surface area contributed by atoms with Crippen LogP contribution in [0.5, 0.6) is 0 Å². The van der Waals surface area contributed by atoms with Crippen molar-refractivity contribution in [2.75, 3.05) is 0 Å². The van der Waals surface area contributed by atoms with Crippen molar-refractivity contribution in [1.82, 2.24) is 0 Å². The number of rotatable bonds is 6. The van der Waals surface area contributed by atoms with E-state index in [-0.39, 0.29) is 16.2 Å². The molecule has 0 N–H and O–H groups in total. The molecule has 0 saturated heterocycles. The van der Waals surface area contributed by atoms with Crippen molar-refractivity contribution >= 4 is 5.57 Å². The van der Waals surface area contributed by atoms with Crippen molar-refractivity contribution in [2.24, 2.45) is 5.41 Å². The van der Waals surface area contributed by atoms with Crippen LogP contribution in [0.4, 0.5) is 0 Å². The smallest absolute Gasteiger partial charge is 0.0132 e. The zero-order chi connectivity index (χ0) is 31.6. The fourth-order valence-corrected chi connectivity index (χ4v) is 3.76. The van der Waals surface area contributed by atoms with Gasteiger partial charge < -0.3 is 0 Å². The third-order valence-electron chi connectivity index (χ3n) is 6.68. The van der Waals surface area contributed by atoms with Crippen LogP contribution in [-0.4, -0.2) is 0 Å². The highest BCUT2D eigenvalue weighted by molar-refractivity contribution is 5.63. The second kappa shape index (κ2) is 19.7. The van der Waals surface area contributed by atoms with Crippen LogP contribution in [0.3, 0.4) is 0 Å². The minimum atomic E-state index is 0.194. The van der Waals surface area contributed by atoms with Gasteiger partial charge in [0.15, 0.2) is 0 Å². The molecule has 39 heavy (non-hydrogen) atoms. The molecule has 0 nitrogen and oxygen atoms in total. The zero-order valence-corrected chi connectivity index (χ0v) is 28.9. The van der Waals surface area contributed by atoms with Crippen LogP contribution >= 0.6 is 0 Å². The molecule has 0 aliphatic carbocycles. The zero-order valence-electron chi connectivity index (χ0n) is 28.9. The van der Waals surface area contributed by atoms with Gasteiger partial charge in [0.2, 0.25) is 0 Å². The van der Waals surface area contributed by atoms with Gasteiger partial charge in [0.1, 0.15) is 0 Å². The van der Waals surface area contributed by atoms with Gasteiger partial charge >= 0.3 is 0 Å². The molecule has 0 saturated carbocycles. The fourth-order valence-electron chi connectivity index (χ4n) is 3.76. The maximum Gasteiger partial charge on any atom is -0.0132 e. The van der Waals surface area contributed by atoms with E-state index in [1.54, 1.807) is 0 Å². The molecule has 2 rings (SSSR count). The van der Waals surface area contributed by atoms with E-state index >= 15 is 0 Å². The molecule has 0 aliphatic heterocycles. The minimum Gasteiger partial charge on any atom is -0.106 e. The van der Waals surface area contributed by atoms with Crippen molar-refractivity contribution in [3.63, 3.8) is 0 Å². The molecular weight excluding hydrogens is 468 g/mol. The van der Waals surface area contributed by atoms with Gasteiger partial charge in [-0.1, -0.05) is 151 Å². The van der Waals surface area contributed by atoms with E-state index in [1.165, 1.54) is 33.4 Å². The molecule has 0 aliphatic rings. The van der Waals surface area contributed by atoms with Gasteiger partial charge in [-0.05, 0) is 76.7 Å². The second-order valence-electron chi connectivity index (χ2n) is 12.7. The summed E-state index contributed by atoms with van der Waals surface area (Å²) < 4.78 is 0. The summed E-state index contributed by atoms with van der Waals surface area (Å²) in [6, 6.07) is 18.3. The van der Waals surface area contributed by atoms with Crippen molar-refractivity contribution < 1.29 is 0 Å². The largest absolute Gasteiger partial charge is 0.106 e. The molecule has 0 heteroatoms. The van der Waals surface area contributed by atoms with Crippen molar-refractivity contribution in [3.05, 3.63) is 103 Å². The summed E-state index contributed by atoms with van der Waals surface area (Å²) in [6.45, 7) is 46.6. The molecule has 0 bridgehead atoms. The third kappa shape index (κ3) is 16.4.